The number of piperidine rings is 2. The smallest absolute Gasteiger partial charge is 0.243 e. The molecule has 3 rings (SSSR count). The minimum absolute atomic E-state index is 0.174. The van der Waals surface area contributed by atoms with E-state index in [2.05, 4.69) is 10.2 Å². The quantitative estimate of drug-likeness (QED) is 0.650. The number of carbonyl (C=O) groups excluding carboxylic acids is 3. The first-order valence-electron chi connectivity index (χ1n) is 6.28. The molecule has 92 valence electrons. The molecule has 1 N–H and O–H groups in total. The monoisotopic (exact) mass is 236 g/mol. The van der Waals surface area contributed by atoms with Crippen LogP contribution in [-0.4, -0.2) is 40.6 Å². The molecular formula is C12H16N2O3. The molecule has 3 aliphatic rings. The van der Waals surface area contributed by atoms with Gasteiger partial charge in [0.1, 0.15) is 5.78 Å². The standard InChI is InChI=1S/C12H16N2O3/c15-9-5-7-1-2-8(6-9)14(7)10-3-4-11(16)13-12(10)17/h7-8,10H,1-6H2,(H,13,16,17). The largest absolute Gasteiger partial charge is 0.300 e. The molecule has 2 amide bonds. The van der Waals surface area contributed by atoms with Gasteiger partial charge in [-0.1, -0.05) is 0 Å². The summed E-state index contributed by atoms with van der Waals surface area (Å²) in [6.07, 6.45) is 4.19. The van der Waals surface area contributed by atoms with Crippen LogP contribution < -0.4 is 5.32 Å². The van der Waals surface area contributed by atoms with Crippen LogP contribution in [0, 0.1) is 0 Å². The molecule has 0 radical (unpaired) electrons. The van der Waals surface area contributed by atoms with E-state index in [1.54, 1.807) is 0 Å². The summed E-state index contributed by atoms with van der Waals surface area (Å²) in [6.45, 7) is 0. The van der Waals surface area contributed by atoms with Crippen LogP contribution in [0.3, 0.4) is 0 Å². The lowest BCUT2D eigenvalue weighted by Gasteiger charge is -2.40. The third kappa shape index (κ3) is 1.78. The van der Waals surface area contributed by atoms with E-state index >= 15 is 0 Å². The first-order chi connectivity index (χ1) is 8.15. The van der Waals surface area contributed by atoms with Gasteiger partial charge in [-0.3, -0.25) is 24.6 Å². The summed E-state index contributed by atoms with van der Waals surface area (Å²) in [4.78, 5) is 36.7. The van der Waals surface area contributed by atoms with Crippen molar-refractivity contribution in [2.45, 2.75) is 56.7 Å². The van der Waals surface area contributed by atoms with Crippen LogP contribution in [-0.2, 0) is 14.4 Å². The predicted molar refractivity (Wildman–Crippen MR) is 59.1 cm³/mol. The average Bonchev–Trinajstić information content (AvgIpc) is 2.53. The van der Waals surface area contributed by atoms with Crippen LogP contribution >= 0.6 is 0 Å². The fourth-order valence-electron chi connectivity index (χ4n) is 3.48. The second-order valence-electron chi connectivity index (χ2n) is 5.25. The lowest BCUT2D eigenvalue weighted by molar-refractivity contribution is -0.141. The molecule has 0 aliphatic carbocycles. The third-order valence-corrected chi connectivity index (χ3v) is 4.17. The Kier molecular flexibility index (Phi) is 2.50. The second kappa shape index (κ2) is 3.91. The summed E-state index contributed by atoms with van der Waals surface area (Å²) in [5.41, 5.74) is 0. The van der Waals surface area contributed by atoms with Gasteiger partial charge in [0.2, 0.25) is 11.8 Å². The van der Waals surface area contributed by atoms with Crippen LogP contribution in [0.15, 0.2) is 0 Å². The van der Waals surface area contributed by atoms with Crippen LogP contribution in [0.25, 0.3) is 0 Å². The van der Waals surface area contributed by atoms with Gasteiger partial charge in [-0.25, -0.2) is 0 Å². The molecule has 0 saturated carbocycles. The van der Waals surface area contributed by atoms with E-state index < -0.39 is 0 Å². The molecule has 5 nitrogen and oxygen atoms in total. The summed E-state index contributed by atoms with van der Waals surface area (Å²) >= 11 is 0. The summed E-state index contributed by atoms with van der Waals surface area (Å²) in [5.74, 6) is -0.0276. The van der Waals surface area contributed by atoms with Gasteiger partial charge < -0.3 is 0 Å². The van der Waals surface area contributed by atoms with E-state index in [4.69, 9.17) is 0 Å². The normalized spacial score (nSPS) is 38.4. The highest BCUT2D eigenvalue weighted by Crippen LogP contribution is 2.37. The Morgan fingerprint density at radius 2 is 1.65 bits per heavy atom. The van der Waals surface area contributed by atoms with Gasteiger partial charge in [-0.15, -0.1) is 0 Å². The molecule has 17 heavy (non-hydrogen) atoms. The van der Waals surface area contributed by atoms with Gasteiger partial charge in [-0.05, 0) is 19.3 Å². The van der Waals surface area contributed by atoms with Crippen molar-refractivity contribution < 1.29 is 14.4 Å². The van der Waals surface area contributed by atoms with Crippen LogP contribution in [0.4, 0.5) is 0 Å². The van der Waals surface area contributed by atoms with E-state index in [9.17, 15) is 14.4 Å². The molecule has 3 heterocycles. The number of carbonyl (C=O) groups is 3. The maximum Gasteiger partial charge on any atom is 0.243 e. The van der Waals surface area contributed by atoms with Crippen molar-refractivity contribution in [2.75, 3.05) is 0 Å². The number of fused-ring (bicyclic) bond motifs is 2. The Bertz CT molecular complexity index is 377. The minimum atomic E-state index is -0.196. The zero-order valence-corrected chi connectivity index (χ0v) is 9.65. The van der Waals surface area contributed by atoms with Crippen molar-refractivity contribution >= 4 is 17.6 Å². The number of imide groups is 1. The van der Waals surface area contributed by atoms with Gasteiger partial charge >= 0.3 is 0 Å². The molecule has 3 aliphatic heterocycles. The maximum atomic E-state index is 11.8. The van der Waals surface area contributed by atoms with Crippen molar-refractivity contribution in [3.8, 4) is 0 Å². The number of hydrogen-bond donors (Lipinski definition) is 1. The van der Waals surface area contributed by atoms with Crippen molar-refractivity contribution in [3.05, 3.63) is 0 Å². The molecule has 3 unspecified atom stereocenters. The Morgan fingerprint density at radius 3 is 2.24 bits per heavy atom. The third-order valence-electron chi connectivity index (χ3n) is 4.17. The van der Waals surface area contributed by atoms with Gasteiger partial charge in [0.25, 0.3) is 0 Å². The van der Waals surface area contributed by atoms with Gasteiger partial charge in [-0.2, -0.15) is 0 Å². The summed E-state index contributed by atoms with van der Waals surface area (Å²) in [7, 11) is 0. The van der Waals surface area contributed by atoms with E-state index in [0.717, 1.165) is 12.8 Å². The first-order valence-corrected chi connectivity index (χ1v) is 6.28. The zero-order valence-electron chi connectivity index (χ0n) is 9.65. The van der Waals surface area contributed by atoms with Gasteiger partial charge in [0.05, 0.1) is 6.04 Å². The average molecular weight is 236 g/mol. The molecule has 5 heteroatoms. The first kappa shape index (κ1) is 10.9. The van der Waals surface area contributed by atoms with Crippen molar-refractivity contribution in [1.29, 1.82) is 0 Å². The predicted octanol–water partition coefficient (Wildman–Crippen LogP) is -0.0125. The zero-order chi connectivity index (χ0) is 12.0. The summed E-state index contributed by atoms with van der Waals surface area (Å²) in [6, 6.07) is 0.258. The molecule has 3 saturated heterocycles. The Labute approximate surface area is 99.5 Å². The molecule has 0 aromatic rings. The van der Waals surface area contributed by atoms with Crippen LogP contribution in [0.1, 0.15) is 38.5 Å². The highest BCUT2D eigenvalue weighted by Gasteiger charge is 2.46. The van der Waals surface area contributed by atoms with Crippen molar-refractivity contribution in [3.63, 3.8) is 0 Å². The molecule has 0 aromatic heterocycles. The number of hydrogen-bond acceptors (Lipinski definition) is 4. The minimum Gasteiger partial charge on any atom is -0.300 e. The van der Waals surface area contributed by atoms with Crippen molar-refractivity contribution in [1.82, 2.24) is 10.2 Å². The molecule has 0 aromatic carbocycles. The fourth-order valence-corrected chi connectivity index (χ4v) is 3.48. The van der Waals surface area contributed by atoms with Gasteiger partial charge in [0.15, 0.2) is 0 Å². The number of rotatable bonds is 1. The summed E-state index contributed by atoms with van der Waals surface area (Å²) in [5, 5.41) is 2.40. The molecule has 0 spiro atoms. The Balaban J connectivity index is 1.79. The molecule has 2 bridgehead atoms. The fraction of sp³-hybridized carbons (Fsp3) is 0.750. The second-order valence-corrected chi connectivity index (χ2v) is 5.25. The SMILES string of the molecule is O=C1CC2CCC(C1)N2C1CCC(=O)NC1=O. The van der Waals surface area contributed by atoms with Gasteiger partial charge in [0, 0.05) is 31.3 Å². The van der Waals surface area contributed by atoms with Crippen LogP contribution in [0.2, 0.25) is 0 Å². The number of Topliss-reactive ketones (excluding diaryl/α,β-unsaturated/α-hetero) is 1. The summed E-state index contributed by atoms with van der Waals surface area (Å²) < 4.78 is 0. The lowest BCUT2D eigenvalue weighted by atomic mass is 9.95. The van der Waals surface area contributed by atoms with Crippen molar-refractivity contribution in [2.24, 2.45) is 0 Å². The van der Waals surface area contributed by atoms with Crippen LogP contribution in [0.5, 0.6) is 0 Å². The highest BCUT2D eigenvalue weighted by atomic mass is 16.2. The number of nitrogens with zero attached hydrogens (tertiary/aromatic N) is 1. The maximum absolute atomic E-state index is 11.8. The topological polar surface area (TPSA) is 66.5 Å². The number of ketones is 1. The van der Waals surface area contributed by atoms with E-state index in [-0.39, 0.29) is 29.9 Å². The molecular weight excluding hydrogens is 220 g/mol. The Morgan fingerprint density at radius 1 is 1.00 bits per heavy atom. The van der Waals surface area contributed by atoms with E-state index in [0.29, 0.717) is 31.5 Å². The number of nitrogens with one attached hydrogen (secondary N) is 1. The molecule has 3 fully saturated rings. The van der Waals surface area contributed by atoms with E-state index in [1.807, 2.05) is 0 Å². The van der Waals surface area contributed by atoms with E-state index in [1.165, 1.54) is 0 Å². The number of amides is 2. The molecule has 3 atom stereocenters. The Hall–Kier alpha value is -1.23. The highest BCUT2D eigenvalue weighted by molar-refractivity contribution is 6.00. The lowest BCUT2D eigenvalue weighted by Crippen LogP contribution is -2.58.